The zero-order chi connectivity index (χ0) is 26.7. The highest BCUT2D eigenvalue weighted by Gasteiger charge is 2.32. The molecule has 0 saturated carbocycles. The van der Waals surface area contributed by atoms with Crippen LogP contribution in [0.1, 0.15) is 43.0 Å². The third kappa shape index (κ3) is 5.84. The predicted octanol–water partition coefficient (Wildman–Crippen LogP) is 4.45. The van der Waals surface area contributed by atoms with E-state index in [0.29, 0.717) is 23.7 Å². The molecule has 2 saturated heterocycles. The summed E-state index contributed by atoms with van der Waals surface area (Å²) in [5.74, 6) is -0.191. The summed E-state index contributed by atoms with van der Waals surface area (Å²) >= 11 is 7.95. The molecule has 1 aromatic heterocycles. The number of carbonyl (C=O) groups is 1. The first kappa shape index (κ1) is 27.3. The van der Waals surface area contributed by atoms with Gasteiger partial charge in [0, 0.05) is 57.4 Å². The average molecular weight is 576 g/mol. The Hall–Kier alpha value is -2.24. The van der Waals surface area contributed by atoms with Gasteiger partial charge in [0.05, 0.1) is 14.6 Å². The molecule has 0 bridgehead atoms. The number of sulfonamides is 1. The number of anilines is 1. The van der Waals surface area contributed by atoms with Gasteiger partial charge in [-0.3, -0.25) is 9.69 Å². The number of piperidine rings is 1. The molecule has 0 radical (unpaired) electrons. The molecule has 5 rings (SSSR count). The summed E-state index contributed by atoms with van der Waals surface area (Å²) in [7, 11) is -3.55. The molecule has 1 amide bonds. The van der Waals surface area contributed by atoms with Crippen LogP contribution in [0.4, 0.5) is 5.13 Å². The molecule has 204 valence electrons. The maximum atomic E-state index is 13.2. The number of fused-ring (bicyclic) bond motifs is 1. The molecule has 1 unspecified atom stereocenters. The first-order chi connectivity index (χ1) is 18.4. The molecule has 38 heavy (non-hydrogen) atoms. The Morgan fingerprint density at radius 1 is 1.08 bits per heavy atom. The lowest BCUT2D eigenvalue weighted by Crippen LogP contribution is -2.48. The number of rotatable bonds is 8. The third-order valence-corrected chi connectivity index (χ3v) is 10.8. The quantitative estimate of drug-likeness (QED) is 0.427. The van der Waals surface area contributed by atoms with E-state index in [0.717, 1.165) is 73.8 Å². The van der Waals surface area contributed by atoms with Gasteiger partial charge in [-0.15, -0.1) is 0 Å². The number of nitrogens with one attached hydrogen (secondary N) is 1. The van der Waals surface area contributed by atoms with E-state index in [4.69, 9.17) is 16.6 Å². The smallest absolute Gasteiger partial charge is 0.251 e. The number of hydrogen-bond donors (Lipinski definition) is 1. The molecule has 1 N–H and O–H groups in total. The van der Waals surface area contributed by atoms with Crippen LogP contribution >= 0.6 is 22.9 Å². The van der Waals surface area contributed by atoms with Crippen LogP contribution in [-0.2, 0) is 10.0 Å². The minimum atomic E-state index is -3.55. The van der Waals surface area contributed by atoms with Crippen molar-refractivity contribution >= 4 is 54.2 Å². The molecule has 3 aromatic rings. The highest BCUT2D eigenvalue weighted by atomic mass is 35.5. The van der Waals surface area contributed by atoms with Crippen molar-refractivity contribution < 1.29 is 13.2 Å². The summed E-state index contributed by atoms with van der Waals surface area (Å²) in [5.41, 5.74) is 1.33. The standard InChI is InChI=1S/C27H34ClN5O3S2/c1-2-21-6-3-4-14-33(21)38(35,36)22-11-9-20(10-12-22)26(34)29-13-15-31-16-18-32(19-17-31)27-30-25-23(28)7-5-8-24(25)37-27/h5,7-12,21H,2-4,6,13-19H2,1H3,(H,29,34). The van der Waals surface area contributed by atoms with Crippen LogP contribution in [0.5, 0.6) is 0 Å². The van der Waals surface area contributed by atoms with E-state index in [1.54, 1.807) is 39.9 Å². The molecule has 2 aliphatic rings. The molecule has 2 aliphatic heterocycles. The summed E-state index contributed by atoms with van der Waals surface area (Å²) in [4.78, 5) is 22.3. The first-order valence-electron chi connectivity index (χ1n) is 13.3. The lowest BCUT2D eigenvalue weighted by atomic mass is 10.0. The van der Waals surface area contributed by atoms with Crippen LogP contribution < -0.4 is 10.2 Å². The fraction of sp³-hybridized carbons (Fsp3) is 0.481. The molecule has 11 heteroatoms. The Bertz CT molecular complexity index is 1370. The lowest BCUT2D eigenvalue weighted by molar-refractivity contribution is 0.0947. The van der Waals surface area contributed by atoms with Crippen molar-refractivity contribution in [3.05, 3.63) is 53.1 Å². The van der Waals surface area contributed by atoms with Crippen molar-refractivity contribution in [1.29, 1.82) is 0 Å². The maximum Gasteiger partial charge on any atom is 0.251 e. The summed E-state index contributed by atoms with van der Waals surface area (Å²) in [6, 6.07) is 12.2. The van der Waals surface area contributed by atoms with Crippen molar-refractivity contribution in [2.75, 3.05) is 50.7 Å². The van der Waals surface area contributed by atoms with E-state index in [-0.39, 0.29) is 16.8 Å². The molecule has 3 heterocycles. The second-order valence-electron chi connectivity index (χ2n) is 9.87. The number of piperazine rings is 1. The number of nitrogens with zero attached hydrogens (tertiary/aromatic N) is 4. The fourth-order valence-electron chi connectivity index (χ4n) is 5.24. The minimum absolute atomic E-state index is 0.0540. The van der Waals surface area contributed by atoms with Crippen LogP contribution in [0, 0.1) is 0 Å². The number of halogens is 1. The Morgan fingerprint density at radius 3 is 2.55 bits per heavy atom. The molecule has 8 nitrogen and oxygen atoms in total. The predicted molar refractivity (Wildman–Crippen MR) is 154 cm³/mol. The van der Waals surface area contributed by atoms with Gasteiger partial charge in [-0.2, -0.15) is 4.31 Å². The number of carbonyl (C=O) groups excluding carboxylic acids is 1. The van der Waals surface area contributed by atoms with Gasteiger partial charge in [0.25, 0.3) is 5.91 Å². The van der Waals surface area contributed by atoms with Gasteiger partial charge in [-0.1, -0.05) is 42.3 Å². The van der Waals surface area contributed by atoms with Crippen LogP contribution in [0.2, 0.25) is 5.02 Å². The molecular weight excluding hydrogens is 542 g/mol. The first-order valence-corrected chi connectivity index (χ1v) is 15.9. The number of para-hydroxylation sites is 1. The zero-order valence-corrected chi connectivity index (χ0v) is 24.0. The third-order valence-electron chi connectivity index (χ3n) is 7.48. The monoisotopic (exact) mass is 575 g/mol. The van der Waals surface area contributed by atoms with Crippen LogP contribution in [-0.4, -0.2) is 80.4 Å². The van der Waals surface area contributed by atoms with Crippen LogP contribution in [0.25, 0.3) is 10.2 Å². The Balaban J connectivity index is 1.09. The second-order valence-corrected chi connectivity index (χ2v) is 13.2. The maximum absolute atomic E-state index is 13.2. The van der Waals surface area contributed by atoms with Crippen molar-refractivity contribution in [2.24, 2.45) is 0 Å². The van der Waals surface area contributed by atoms with Crippen molar-refractivity contribution in [3.63, 3.8) is 0 Å². The number of benzene rings is 2. The number of aromatic nitrogens is 1. The van der Waals surface area contributed by atoms with Gasteiger partial charge in [-0.05, 0) is 55.7 Å². The van der Waals surface area contributed by atoms with Crippen molar-refractivity contribution in [2.45, 2.75) is 43.5 Å². The highest BCUT2D eigenvalue weighted by Crippen LogP contribution is 2.33. The van der Waals surface area contributed by atoms with Gasteiger partial charge in [0.15, 0.2) is 5.13 Å². The van der Waals surface area contributed by atoms with E-state index < -0.39 is 10.0 Å². The van der Waals surface area contributed by atoms with E-state index >= 15 is 0 Å². The van der Waals surface area contributed by atoms with E-state index in [9.17, 15) is 13.2 Å². The lowest BCUT2D eigenvalue weighted by Gasteiger charge is -2.34. The Morgan fingerprint density at radius 2 is 1.84 bits per heavy atom. The van der Waals surface area contributed by atoms with Gasteiger partial charge in [0.2, 0.25) is 10.0 Å². The number of hydrogen-bond acceptors (Lipinski definition) is 7. The topological polar surface area (TPSA) is 85.8 Å². The zero-order valence-electron chi connectivity index (χ0n) is 21.6. The van der Waals surface area contributed by atoms with Gasteiger partial charge < -0.3 is 10.2 Å². The number of amides is 1. The molecule has 0 aliphatic carbocycles. The van der Waals surface area contributed by atoms with E-state index in [1.165, 1.54) is 0 Å². The second kappa shape index (κ2) is 11.9. The summed E-state index contributed by atoms with van der Waals surface area (Å²) in [6.45, 7) is 7.40. The minimum Gasteiger partial charge on any atom is -0.351 e. The largest absolute Gasteiger partial charge is 0.351 e. The normalized spacial score (nSPS) is 19.6. The van der Waals surface area contributed by atoms with Crippen molar-refractivity contribution in [1.82, 2.24) is 19.5 Å². The van der Waals surface area contributed by atoms with E-state index in [1.807, 2.05) is 25.1 Å². The van der Waals surface area contributed by atoms with Gasteiger partial charge in [0.1, 0.15) is 5.52 Å². The van der Waals surface area contributed by atoms with Gasteiger partial charge >= 0.3 is 0 Å². The van der Waals surface area contributed by atoms with E-state index in [2.05, 4.69) is 15.1 Å². The SMILES string of the molecule is CCC1CCCCN1S(=O)(=O)c1ccc(C(=O)NCCN2CCN(c3nc4c(Cl)cccc4s3)CC2)cc1. The molecule has 0 spiro atoms. The molecule has 2 aromatic carbocycles. The average Bonchev–Trinajstić information content (AvgIpc) is 3.39. The van der Waals surface area contributed by atoms with Crippen LogP contribution in [0.15, 0.2) is 47.4 Å². The molecule has 2 fully saturated rings. The summed E-state index contributed by atoms with van der Waals surface area (Å²) < 4.78 is 29.1. The molecular formula is C27H34ClN5O3S2. The number of thiazole rings is 1. The summed E-state index contributed by atoms with van der Waals surface area (Å²) in [5, 5.41) is 4.65. The Labute approximate surface area is 233 Å². The van der Waals surface area contributed by atoms with Gasteiger partial charge in [-0.25, -0.2) is 13.4 Å². The van der Waals surface area contributed by atoms with Crippen molar-refractivity contribution in [3.8, 4) is 0 Å². The molecule has 1 atom stereocenters. The summed E-state index contributed by atoms with van der Waals surface area (Å²) in [6.07, 6.45) is 3.67. The van der Waals surface area contributed by atoms with Crippen LogP contribution in [0.3, 0.4) is 0 Å². The fourth-order valence-corrected chi connectivity index (χ4v) is 8.33. The highest BCUT2D eigenvalue weighted by molar-refractivity contribution is 7.89. The Kier molecular flexibility index (Phi) is 8.54.